The maximum Gasteiger partial charge on any atom is 0.209 e. The number of halogens is 1. The number of primary sulfonamides is 2. The molecule has 0 rings (SSSR count). The summed E-state index contributed by atoms with van der Waals surface area (Å²) in [6.45, 7) is 5.01. The van der Waals surface area contributed by atoms with Crippen molar-refractivity contribution in [3.05, 3.63) is 0 Å². The van der Waals surface area contributed by atoms with Crippen LogP contribution in [0.5, 0.6) is 0 Å². The molecule has 0 spiro atoms. The molecule has 0 fully saturated rings. The molecule has 132 valence electrons. The Morgan fingerprint density at radius 1 is 0.905 bits per heavy atom. The number of hydrogen-bond acceptors (Lipinski definition) is 5. The first-order valence-corrected chi connectivity index (χ1v) is 10.6. The van der Waals surface area contributed by atoms with E-state index in [0.717, 1.165) is 6.54 Å². The molecule has 4 N–H and O–H groups in total. The average molecular weight is 368 g/mol. The highest BCUT2D eigenvalue weighted by molar-refractivity contribution is 7.89. The van der Waals surface area contributed by atoms with E-state index in [4.69, 9.17) is 16.7 Å². The van der Waals surface area contributed by atoms with Gasteiger partial charge >= 0.3 is 0 Å². The fraction of sp³-hybridized carbons (Fsp3) is 1.00. The van der Waals surface area contributed by atoms with Crippen LogP contribution in [-0.2, 0) is 20.0 Å². The Morgan fingerprint density at radius 3 is 1.43 bits per heavy atom. The Morgan fingerprint density at radius 2 is 1.24 bits per heavy atom. The Hall–Kier alpha value is 0.0700. The van der Waals surface area contributed by atoms with Crippen molar-refractivity contribution in [1.29, 1.82) is 0 Å². The maximum atomic E-state index is 10.4. The SMILES string of the molecule is CCC.CN(C)CCCS(N)(=O)=O.NS(=O)(=O)CCCCl. The third-order valence-corrected chi connectivity index (χ3v) is 3.58. The lowest BCUT2D eigenvalue weighted by molar-refractivity contribution is 0.408. The second-order valence-electron chi connectivity index (χ2n) is 4.64. The molecule has 0 aromatic rings. The number of sulfonamides is 2. The van der Waals surface area contributed by atoms with Crippen LogP contribution in [0, 0.1) is 0 Å². The Labute approximate surface area is 135 Å². The number of hydrogen-bond donors (Lipinski definition) is 2. The summed E-state index contributed by atoms with van der Waals surface area (Å²) >= 11 is 5.19. The first-order valence-electron chi connectivity index (χ1n) is 6.61. The lowest BCUT2D eigenvalue weighted by Gasteiger charge is -2.07. The standard InChI is InChI=1S/C5H14N2O2S.C3H8ClNO2S.C3H8/c1-7(2)4-3-5-10(6,8)9;4-2-1-3-8(5,6)7;1-3-2/h3-5H2,1-2H3,(H2,6,8,9);1-3H2,(H2,5,6,7);3H2,1-2H3. The van der Waals surface area contributed by atoms with Crippen LogP contribution in [0.15, 0.2) is 0 Å². The third-order valence-electron chi connectivity index (χ3n) is 1.60. The van der Waals surface area contributed by atoms with Gasteiger partial charge in [-0.3, -0.25) is 0 Å². The maximum absolute atomic E-state index is 10.4. The summed E-state index contributed by atoms with van der Waals surface area (Å²) in [4.78, 5) is 1.92. The Kier molecular flexibility index (Phi) is 18.5. The lowest BCUT2D eigenvalue weighted by Crippen LogP contribution is -2.21. The van der Waals surface area contributed by atoms with Gasteiger partial charge in [-0.25, -0.2) is 27.1 Å². The number of nitrogens with two attached hydrogens (primary N) is 2. The van der Waals surface area contributed by atoms with E-state index in [0.29, 0.717) is 18.7 Å². The summed E-state index contributed by atoms with van der Waals surface area (Å²) in [5.41, 5.74) is 0. The molecule has 0 bridgehead atoms. The van der Waals surface area contributed by atoms with Crippen molar-refractivity contribution in [1.82, 2.24) is 4.90 Å². The molecule has 0 atom stereocenters. The van der Waals surface area contributed by atoms with Gasteiger partial charge in [0.2, 0.25) is 20.0 Å². The van der Waals surface area contributed by atoms with Crippen LogP contribution in [0.1, 0.15) is 33.1 Å². The van der Waals surface area contributed by atoms with E-state index >= 15 is 0 Å². The predicted molar refractivity (Wildman–Crippen MR) is 90.4 cm³/mol. The second kappa shape index (κ2) is 15.0. The number of alkyl halides is 1. The van der Waals surface area contributed by atoms with Crippen molar-refractivity contribution in [2.45, 2.75) is 33.1 Å². The van der Waals surface area contributed by atoms with Gasteiger partial charge in [-0.1, -0.05) is 20.3 Å². The van der Waals surface area contributed by atoms with E-state index in [1.165, 1.54) is 6.42 Å². The summed E-state index contributed by atoms with van der Waals surface area (Å²) in [6.07, 6.45) is 2.28. The fourth-order valence-electron chi connectivity index (χ4n) is 0.838. The third kappa shape index (κ3) is 45.0. The van der Waals surface area contributed by atoms with Crippen molar-refractivity contribution >= 4 is 31.6 Å². The van der Waals surface area contributed by atoms with Crippen molar-refractivity contribution in [2.75, 3.05) is 38.0 Å². The normalized spacial score (nSPS) is 11.2. The molecule has 0 saturated heterocycles. The van der Waals surface area contributed by atoms with Gasteiger partial charge in [0, 0.05) is 5.88 Å². The molecule has 0 aromatic carbocycles. The minimum atomic E-state index is -3.27. The van der Waals surface area contributed by atoms with E-state index in [1.54, 1.807) is 0 Å². The molecule has 7 nitrogen and oxygen atoms in total. The molecular weight excluding hydrogens is 338 g/mol. The summed E-state index contributed by atoms with van der Waals surface area (Å²) in [6, 6.07) is 0. The minimum Gasteiger partial charge on any atom is -0.309 e. The highest BCUT2D eigenvalue weighted by atomic mass is 35.5. The molecule has 0 heterocycles. The number of nitrogens with zero attached hydrogens (tertiary/aromatic N) is 1. The zero-order chi connectivity index (χ0) is 17.5. The Balaban J connectivity index is -0.000000264. The first kappa shape index (κ1) is 26.0. The Bertz CT molecular complexity index is 411. The van der Waals surface area contributed by atoms with Crippen molar-refractivity contribution in [2.24, 2.45) is 10.3 Å². The van der Waals surface area contributed by atoms with Crippen LogP contribution < -0.4 is 10.3 Å². The summed E-state index contributed by atoms with van der Waals surface area (Å²) in [5, 5.41) is 9.41. The highest BCUT2D eigenvalue weighted by Crippen LogP contribution is 1.87. The van der Waals surface area contributed by atoms with Gasteiger partial charge in [-0.2, -0.15) is 0 Å². The molecule has 0 aromatic heterocycles. The van der Waals surface area contributed by atoms with Crippen LogP contribution in [0.3, 0.4) is 0 Å². The van der Waals surface area contributed by atoms with Crippen molar-refractivity contribution < 1.29 is 16.8 Å². The van der Waals surface area contributed by atoms with Crippen molar-refractivity contribution in [3.63, 3.8) is 0 Å². The highest BCUT2D eigenvalue weighted by Gasteiger charge is 2.01. The van der Waals surface area contributed by atoms with Gasteiger partial charge in [0.1, 0.15) is 0 Å². The van der Waals surface area contributed by atoms with Gasteiger partial charge in [0.05, 0.1) is 11.5 Å². The first-order chi connectivity index (χ1) is 9.39. The fourth-order valence-corrected chi connectivity index (χ4v) is 2.21. The quantitative estimate of drug-likeness (QED) is 0.636. The zero-order valence-electron chi connectivity index (χ0n) is 13.4. The monoisotopic (exact) mass is 367 g/mol. The largest absolute Gasteiger partial charge is 0.309 e. The molecule has 0 aliphatic carbocycles. The summed E-state index contributed by atoms with van der Waals surface area (Å²) in [7, 11) is -2.73. The van der Waals surface area contributed by atoms with E-state index < -0.39 is 20.0 Å². The van der Waals surface area contributed by atoms with E-state index in [9.17, 15) is 16.8 Å². The van der Waals surface area contributed by atoms with Gasteiger partial charge in [0.15, 0.2) is 0 Å². The van der Waals surface area contributed by atoms with Crippen LogP contribution in [0.4, 0.5) is 0 Å². The molecule has 21 heavy (non-hydrogen) atoms. The topological polar surface area (TPSA) is 124 Å². The molecule has 0 saturated carbocycles. The zero-order valence-corrected chi connectivity index (χ0v) is 15.8. The van der Waals surface area contributed by atoms with Gasteiger partial charge in [-0.05, 0) is 33.5 Å². The van der Waals surface area contributed by atoms with Crippen LogP contribution in [0.2, 0.25) is 0 Å². The molecule has 10 heteroatoms. The minimum absolute atomic E-state index is 0.0174. The van der Waals surface area contributed by atoms with E-state index in [-0.39, 0.29) is 11.5 Å². The summed E-state index contributed by atoms with van der Waals surface area (Å²) < 4.78 is 41.0. The predicted octanol–water partition coefficient (Wildman–Crippen LogP) is 0.547. The van der Waals surface area contributed by atoms with Crippen LogP contribution >= 0.6 is 11.6 Å². The second-order valence-corrected chi connectivity index (χ2v) is 8.49. The molecule has 0 aliphatic heterocycles. The molecule has 0 unspecified atom stereocenters. The smallest absolute Gasteiger partial charge is 0.209 e. The molecule has 0 aliphatic rings. The number of rotatable bonds is 7. The molecule has 0 amide bonds. The van der Waals surface area contributed by atoms with E-state index in [2.05, 4.69) is 19.0 Å². The summed E-state index contributed by atoms with van der Waals surface area (Å²) in [5.74, 6) is 0.401. The van der Waals surface area contributed by atoms with Gasteiger partial charge in [-0.15, -0.1) is 11.6 Å². The van der Waals surface area contributed by atoms with Gasteiger partial charge < -0.3 is 4.90 Å². The lowest BCUT2D eigenvalue weighted by atomic mass is 10.5. The van der Waals surface area contributed by atoms with Crippen LogP contribution in [-0.4, -0.2) is 59.8 Å². The van der Waals surface area contributed by atoms with E-state index in [1.807, 2.05) is 19.0 Å². The molecule has 0 radical (unpaired) electrons. The van der Waals surface area contributed by atoms with Crippen LogP contribution in [0.25, 0.3) is 0 Å². The van der Waals surface area contributed by atoms with Gasteiger partial charge in [0.25, 0.3) is 0 Å². The molecular formula is C11H30ClN3O4S2. The van der Waals surface area contributed by atoms with Crippen molar-refractivity contribution in [3.8, 4) is 0 Å². The average Bonchev–Trinajstić information content (AvgIpc) is 2.25.